The Labute approximate surface area is 153 Å². The molecule has 2 heterocycles. The van der Waals surface area contributed by atoms with E-state index in [4.69, 9.17) is 0 Å². The molecule has 0 bridgehead atoms. The predicted molar refractivity (Wildman–Crippen MR) is 102 cm³/mol. The Morgan fingerprint density at radius 2 is 1.88 bits per heavy atom. The third-order valence-electron chi connectivity index (χ3n) is 5.52. The number of likely N-dealkylation sites (tertiary alicyclic amines) is 1. The van der Waals surface area contributed by atoms with Crippen LogP contribution in [0.5, 0.6) is 0 Å². The Morgan fingerprint density at radius 3 is 2.62 bits per heavy atom. The second kappa shape index (κ2) is 6.25. The van der Waals surface area contributed by atoms with E-state index in [1.165, 1.54) is 12.5 Å². The van der Waals surface area contributed by atoms with Gasteiger partial charge in [-0.2, -0.15) is 0 Å². The topological polar surface area (TPSA) is 52.7 Å². The van der Waals surface area contributed by atoms with Crippen LogP contribution in [0.25, 0.3) is 0 Å². The predicted octanol–water partition coefficient (Wildman–Crippen LogP) is 2.77. The van der Waals surface area contributed by atoms with Crippen LogP contribution in [-0.4, -0.2) is 36.9 Å². The van der Waals surface area contributed by atoms with Crippen molar-refractivity contribution in [2.45, 2.75) is 25.3 Å². The van der Waals surface area contributed by atoms with Gasteiger partial charge >= 0.3 is 0 Å². The van der Waals surface area contributed by atoms with Gasteiger partial charge in [0.25, 0.3) is 0 Å². The molecule has 5 nitrogen and oxygen atoms in total. The quantitative estimate of drug-likeness (QED) is 0.927. The lowest BCUT2D eigenvalue weighted by Gasteiger charge is -2.23. The van der Waals surface area contributed by atoms with Crippen molar-refractivity contribution in [1.82, 2.24) is 4.90 Å². The number of likely N-dealkylation sites (N-methyl/N-ethyl adjacent to an activating group) is 1. The van der Waals surface area contributed by atoms with Gasteiger partial charge in [-0.25, -0.2) is 0 Å². The van der Waals surface area contributed by atoms with Crippen LogP contribution in [0.4, 0.5) is 11.4 Å². The van der Waals surface area contributed by atoms with Gasteiger partial charge in [0.2, 0.25) is 11.8 Å². The summed E-state index contributed by atoms with van der Waals surface area (Å²) in [6.07, 6.45) is 0.858. The molecule has 0 radical (unpaired) electrons. The van der Waals surface area contributed by atoms with E-state index in [1.54, 1.807) is 4.90 Å². The highest BCUT2D eigenvalue weighted by Crippen LogP contribution is 2.46. The normalized spacial score (nSPS) is 22.1. The fourth-order valence-electron chi connectivity index (χ4n) is 4.29. The van der Waals surface area contributed by atoms with Gasteiger partial charge < -0.3 is 10.2 Å². The summed E-state index contributed by atoms with van der Waals surface area (Å²) in [5.74, 6) is 0.143. The van der Waals surface area contributed by atoms with Crippen molar-refractivity contribution in [1.29, 1.82) is 0 Å². The van der Waals surface area contributed by atoms with Crippen LogP contribution < -0.4 is 10.2 Å². The molecule has 134 valence electrons. The van der Waals surface area contributed by atoms with E-state index >= 15 is 0 Å². The Balaban J connectivity index is 1.51. The Morgan fingerprint density at radius 1 is 1.15 bits per heavy atom. The van der Waals surface area contributed by atoms with E-state index in [-0.39, 0.29) is 11.8 Å². The summed E-state index contributed by atoms with van der Waals surface area (Å²) in [6, 6.07) is 16.1. The van der Waals surface area contributed by atoms with Gasteiger partial charge in [-0.3, -0.25) is 14.5 Å². The summed E-state index contributed by atoms with van der Waals surface area (Å²) in [7, 11) is 1.87. The van der Waals surface area contributed by atoms with Crippen molar-refractivity contribution in [2.75, 3.05) is 30.4 Å². The lowest BCUT2D eigenvalue weighted by molar-refractivity contribution is -0.122. The average Bonchev–Trinajstić information content (AvgIpc) is 3.14. The minimum Gasteiger partial charge on any atom is -0.326 e. The van der Waals surface area contributed by atoms with Gasteiger partial charge in [-0.05, 0) is 42.3 Å². The number of rotatable bonds is 3. The van der Waals surface area contributed by atoms with E-state index in [9.17, 15) is 9.59 Å². The molecule has 1 N–H and O–H groups in total. The minimum atomic E-state index is -0.401. The number of carbonyl (C=O) groups is 2. The van der Waals surface area contributed by atoms with Crippen LogP contribution in [0.2, 0.25) is 0 Å². The first kappa shape index (κ1) is 16.8. The maximum absolute atomic E-state index is 13.0. The van der Waals surface area contributed by atoms with Crippen molar-refractivity contribution in [2.24, 2.45) is 0 Å². The SMILES string of the molecule is CC(=O)Nc1ccc(CN2CCC3(C2)C(=O)N(C)c2ccccc23)cc1. The molecule has 0 saturated carbocycles. The smallest absolute Gasteiger partial charge is 0.238 e. The summed E-state index contributed by atoms with van der Waals surface area (Å²) >= 11 is 0. The molecule has 0 aliphatic carbocycles. The van der Waals surface area contributed by atoms with Crippen LogP contribution in [0.15, 0.2) is 48.5 Å². The molecule has 4 rings (SSSR count). The summed E-state index contributed by atoms with van der Waals surface area (Å²) < 4.78 is 0. The Bertz CT molecular complexity index is 862. The number of carbonyl (C=O) groups excluding carboxylic acids is 2. The van der Waals surface area contributed by atoms with Crippen LogP contribution in [0, 0.1) is 0 Å². The summed E-state index contributed by atoms with van der Waals surface area (Å²) in [4.78, 5) is 28.3. The zero-order chi connectivity index (χ0) is 18.3. The molecule has 1 spiro atoms. The molecule has 2 aromatic rings. The van der Waals surface area contributed by atoms with Gasteiger partial charge in [-0.1, -0.05) is 30.3 Å². The molecule has 1 atom stereocenters. The van der Waals surface area contributed by atoms with E-state index in [2.05, 4.69) is 16.3 Å². The van der Waals surface area contributed by atoms with Crippen LogP contribution in [0.3, 0.4) is 0 Å². The number of hydrogen-bond donors (Lipinski definition) is 1. The molecule has 5 heteroatoms. The maximum atomic E-state index is 13.0. The van der Waals surface area contributed by atoms with E-state index < -0.39 is 5.41 Å². The summed E-state index contributed by atoms with van der Waals surface area (Å²) in [5, 5.41) is 2.78. The number of hydrogen-bond acceptors (Lipinski definition) is 3. The van der Waals surface area contributed by atoms with Crippen molar-refractivity contribution in [3.8, 4) is 0 Å². The lowest BCUT2D eigenvalue weighted by Crippen LogP contribution is -2.40. The summed E-state index contributed by atoms with van der Waals surface area (Å²) in [5.41, 5.74) is 3.79. The Kier molecular flexibility index (Phi) is 4.04. The first-order valence-corrected chi connectivity index (χ1v) is 8.96. The van der Waals surface area contributed by atoms with Gasteiger partial charge in [-0.15, -0.1) is 0 Å². The lowest BCUT2D eigenvalue weighted by atomic mass is 9.81. The number of amides is 2. The molecular formula is C21H23N3O2. The largest absolute Gasteiger partial charge is 0.326 e. The monoisotopic (exact) mass is 349 g/mol. The van der Waals surface area contributed by atoms with Gasteiger partial charge in [0, 0.05) is 38.4 Å². The van der Waals surface area contributed by atoms with Crippen molar-refractivity contribution in [3.05, 3.63) is 59.7 Å². The Hall–Kier alpha value is -2.66. The van der Waals surface area contributed by atoms with Crippen molar-refractivity contribution < 1.29 is 9.59 Å². The molecule has 1 fully saturated rings. The second-order valence-corrected chi connectivity index (χ2v) is 7.30. The number of nitrogens with zero attached hydrogens (tertiary/aromatic N) is 2. The number of nitrogens with one attached hydrogen (secondary N) is 1. The number of benzene rings is 2. The molecule has 2 aromatic carbocycles. The third kappa shape index (κ3) is 2.69. The highest BCUT2D eigenvalue weighted by Gasteiger charge is 2.53. The molecule has 26 heavy (non-hydrogen) atoms. The van der Waals surface area contributed by atoms with Gasteiger partial charge in [0.05, 0.1) is 5.41 Å². The number of anilines is 2. The summed E-state index contributed by atoms with van der Waals surface area (Å²) in [6.45, 7) is 3.97. The van der Waals surface area contributed by atoms with Crippen LogP contribution >= 0.6 is 0 Å². The standard InChI is InChI=1S/C21H23N3O2/c1-15(25)22-17-9-7-16(8-10-17)13-24-12-11-21(14-24)18-5-3-4-6-19(18)23(2)20(21)26/h3-10H,11-14H2,1-2H3,(H,22,25). The van der Waals surface area contributed by atoms with Crippen LogP contribution in [-0.2, 0) is 21.5 Å². The molecule has 2 aliphatic rings. The zero-order valence-electron chi connectivity index (χ0n) is 15.2. The average molecular weight is 349 g/mol. The fourth-order valence-corrected chi connectivity index (χ4v) is 4.29. The molecular weight excluding hydrogens is 326 g/mol. The van der Waals surface area contributed by atoms with Gasteiger partial charge in [0.15, 0.2) is 0 Å². The first-order chi connectivity index (χ1) is 12.5. The van der Waals surface area contributed by atoms with E-state index in [1.807, 2.05) is 49.5 Å². The molecule has 2 amide bonds. The second-order valence-electron chi connectivity index (χ2n) is 7.30. The highest BCUT2D eigenvalue weighted by molar-refractivity contribution is 6.08. The minimum absolute atomic E-state index is 0.0678. The number of para-hydroxylation sites is 1. The van der Waals surface area contributed by atoms with Gasteiger partial charge in [0.1, 0.15) is 0 Å². The zero-order valence-corrected chi connectivity index (χ0v) is 15.2. The van der Waals surface area contributed by atoms with Crippen molar-refractivity contribution >= 4 is 23.2 Å². The first-order valence-electron chi connectivity index (χ1n) is 8.96. The molecule has 1 unspecified atom stereocenters. The van der Waals surface area contributed by atoms with Crippen molar-refractivity contribution in [3.63, 3.8) is 0 Å². The van der Waals surface area contributed by atoms with E-state index in [0.717, 1.165) is 43.0 Å². The van der Waals surface area contributed by atoms with Crippen LogP contribution in [0.1, 0.15) is 24.5 Å². The molecule has 1 saturated heterocycles. The van der Waals surface area contributed by atoms with E-state index in [0.29, 0.717) is 0 Å². The number of fused-ring (bicyclic) bond motifs is 2. The molecule has 0 aromatic heterocycles. The maximum Gasteiger partial charge on any atom is 0.238 e. The molecule has 2 aliphatic heterocycles. The third-order valence-corrected chi connectivity index (χ3v) is 5.52. The fraction of sp³-hybridized carbons (Fsp3) is 0.333. The highest BCUT2D eigenvalue weighted by atomic mass is 16.2.